The molecule has 0 bridgehead atoms. The number of carboxylic acids is 1. The molecule has 0 saturated carbocycles. The normalized spacial score (nSPS) is 11.3. The highest BCUT2D eigenvalue weighted by Crippen LogP contribution is 2.22. The summed E-state index contributed by atoms with van der Waals surface area (Å²) in [6, 6.07) is 4.66. The number of hydrogen-bond donors (Lipinski definition) is 2. The molecule has 0 radical (unpaired) electrons. The van der Waals surface area contributed by atoms with Gasteiger partial charge in [-0.1, -0.05) is 11.2 Å². The fourth-order valence-corrected chi connectivity index (χ4v) is 2.79. The lowest BCUT2D eigenvalue weighted by Crippen LogP contribution is -2.18. The minimum atomic E-state index is -4.03. The molecule has 1 aromatic heterocycles. The second kappa shape index (κ2) is 5.52. The van der Waals surface area contributed by atoms with Crippen LogP contribution in [0.15, 0.2) is 28.8 Å². The number of hydrogen-bond acceptors (Lipinski definition) is 5. The Balaban J connectivity index is 2.30. The number of carbonyl (C=O) groups is 1. The highest BCUT2D eigenvalue weighted by molar-refractivity contribution is 7.91. The number of halogens is 1. The maximum atomic E-state index is 13.7. The third-order valence-electron chi connectivity index (χ3n) is 2.52. The first-order valence-corrected chi connectivity index (χ1v) is 7.38. The van der Waals surface area contributed by atoms with Crippen LogP contribution >= 0.6 is 0 Å². The fraction of sp³-hybridized carbons (Fsp3) is 0.167. The summed E-state index contributed by atoms with van der Waals surface area (Å²) in [6.45, 7) is 1.59. The minimum Gasteiger partial charge on any atom is -0.478 e. The van der Waals surface area contributed by atoms with Crippen LogP contribution in [0, 0.1) is 12.7 Å². The van der Waals surface area contributed by atoms with E-state index in [9.17, 15) is 17.6 Å². The monoisotopic (exact) mass is 314 g/mol. The Labute approximate surface area is 119 Å². The second-order valence-electron chi connectivity index (χ2n) is 4.26. The first kappa shape index (κ1) is 15.0. The Morgan fingerprint density at radius 1 is 1.48 bits per heavy atom. The number of aromatic carboxylic acids is 1. The van der Waals surface area contributed by atoms with Gasteiger partial charge in [-0.3, -0.25) is 4.72 Å². The van der Waals surface area contributed by atoms with Gasteiger partial charge in [0.05, 0.1) is 11.3 Å². The van der Waals surface area contributed by atoms with Crippen molar-refractivity contribution in [2.45, 2.75) is 12.7 Å². The van der Waals surface area contributed by atoms with Crippen LogP contribution in [0.1, 0.15) is 21.8 Å². The van der Waals surface area contributed by atoms with Crippen LogP contribution < -0.4 is 4.72 Å². The van der Waals surface area contributed by atoms with Gasteiger partial charge in [0, 0.05) is 6.07 Å². The zero-order valence-electron chi connectivity index (χ0n) is 10.8. The van der Waals surface area contributed by atoms with Crippen molar-refractivity contribution in [2.24, 2.45) is 0 Å². The molecule has 7 nitrogen and oxygen atoms in total. The molecule has 1 aromatic carbocycles. The average molecular weight is 314 g/mol. The number of aromatic nitrogens is 1. The molecule has 0 fully saturated rings. The van der Waals surface area contributed by atoms with E-state index in [0.29, 0.717) is 5.76 Å². The lowest BCUT2D eigenvalue weighted by atomic mass is 10.2. The summed E-state index contributed by atoms with van der Waals surface area (Å²) < 4.78 is 44.2. The predicted molar refractivity (Wildman–Crippen MR) is 70.8 cm³/mol. The second-order valence-corrected chi connectivity index (χ2v) is 5.98. The summed E-state index contributed by atoms with van der Waals surface area (Å²) in [5.41, 5.74) is -0.951. The number of para-hydroxylation sites is 1. The zero-order valence-corrected chi connectivity index (χ0v) is 11.6. The van der Waals surface area contributed by atoms with Crippen molar-refractivity contribution in [3.63, 3.8) is 0 Å². The lowest BCUT2D eigenvalue weighted by molar-refractivity contribution is 0.0697. The number of nitrogens with one attached hydrogen (secondary N) is 1. The fourth-order valence-electron chi connectivity index (χ4n) is 1.68. The van der Waals surface area contributed by atoms with Crippen molar-refractivity contribution < 1.29 is 27.2 Å². The van der Waals surface area contributed by atoms with Crippen molar-refractivity contribution in [3.8, 4) is 0 Å². The predicted octanol–water partition coefficient (Wildman–Crippen LogP) is 1.76. The number of nitrogens with zero attached hydrogens (tertiary/aromatic N) is 1. The molecular formula is C12H11FN2O5S. The van der Waals surface area contributed by atoms with Crippen LogP contribution in [0.3, 0.4) is 0 Å². The Morgan fingerprint density at radius 2 is 2.19 bits per heavy atom. The minimum absolute atomic E-state index is 0.133. The van der Waals surface area contributed by atoms with Gasteiger partial charge in [0.25, 0.3) is 0 Å². The molecule has 2 rings (SSSR count). The molecule has 112 valence electrons. The van der Waals surface area contributed by atoms with Crippen LogP contribution in [0.5, 0.6) is 0 Å². The van der Waals surface area contributed by atoms with E-state index in [2.05, 4.69) is 5.16 Å². The van der Waals surface area contributed by atoms with E-state index in [0.717, 1.165) is 12.1 Å². The molecule has 0 spiro atoms. The topological polar surface area (TPSA) is 110 Å². The van der Waals surface area contributed by atoms with Crippen molar-refractivity contribution in [3.05, 3.63) is 47.1 Å². The summed E-state index contributed by atoms with van der Waals surface area (Å²) in [5, 5.41) is 12.5. The third kappa shape index (κ3) is 3.57. The van der Waals surface area contributed by atoms with Gasteiger partial charge in [-0.2, -0.15) is 0 Å². The quantitative estimate of drug-likeness (QED) is 0.870. The highest BCUT2D eigenvalue weighted by Gasteiger charge is 2.21. The first-order chi connectivity index (χ1) is 9.78. The number of aryl methyl sites for hydroxylation is 1. The smallest absolute Gasteiger partial charge is 0.337 e. The molecule has 0 aliphatic rings. The van der Waals surface area contributed by atoms with E-state index in [-0.39, 0.29) is 5.69 Å². The largest absolute Gasteiger partial charge is 0.478 e. The number of anilines is 1. The Bertz CT molecular complexity index is 785. The molecule has 9 heteroatoms. The van der Waals surface area contributed by atoms with Crippen LogP contribution in [0.4, 0.5) is 10.1 Å². The van der Waals surface area contributed by atoms with Gasteiger partial charge in [0.15, 0.2) is 0 Å². The molecule has 0 saturated heterocycles. The van der Waals surface area contributed by atoms with Crippen molar-refractivity contribution in [1.82, 2.24) is 5.16 Å². The van der Waals surface area contributed by atoms with Gasteiger partial charge < -0.3 is 9.63 Å². The molecule has 0 atom stereocenters. The first-order valence-electron chi connectivity index (χ1n) is 5.73. The van der Waals surface area contributed by atoms with Crippen LogP contribution in [-0.2, 0) is 15.8 Å². The summed E-state index contributed by atoms with van der Waals surface area (Å²) in [7, 11) is -4.03. The molecule has 2 aromatic rings. The molecule has 0 unspecified atom stereocenters. The number of sulfonamides is 1. The van der Waals surface area contributed by atoms with Crippen molar-refractivity contribution in [1.29, 1.82) is 0 Å². The molecular weight excluding hydrogens is 303 g/mol. The van der Waals surface area contributed by atoms with Crippen LogP contribution in [0.2, 0.25) is 0 Å². The van der Waals surface area contributed by atoms with Gasteiger partial charge in [0.1, 0.15) is 23.0 Å². The van der Waals surface area contributed by atoms with E-state index in [1.807, 2.05) is 4.72 Å². The van der Waals surface area contributed by atoms with Gasteiger partial charge in [-0.25, -0.2) is 17.6 Å². The van der Waals surface area contributed by atoms with Crippen molar-refractivity contribution in [2.75, 3.05) is 4.72 Å². The molecule has 21 heavy (non-hydrogen) atoms. The SMILES string of the molecule is Cc1cc(CS(=O)(=O)Nc2c(F)cccc2C(=O)O)no1. The highest BCUT2D eigenvalue weighted by atomic mass is 32.2. The van der Waals surface area contributed by atoms with Crippen LogP contribution in [0.25, 0.3) is 0 Å². The summed E-state index contributed by atoms with van der Waals surface area (Å²) in [6.07, 6.45) is 0. The maximum absolute atomic E-state index is 13.7. The molecule has 2 N–H and O–H groups in total. The van der Waals surface area contributed by atoms with E-state index < -0.39 is 38.8 Å². The molecule has 0 amide bonds. The molecule has 1 heterocycles. The summed E-state index contributed by atoms with van der Waals surface area (Å²) >= 11 is 0. The number of rotatable bonds is 5. The molecule has 0 aliphatic heterocycles. The Morgan fingerprint density at radius 3 is 2.76 bits per heavy atom. The van der Waals surface area contributed by atoms with Gasteiger partial charge in [-0.15, -0.1) is 0 Å². The van der Waals surface area contributed by atoms with Gasteiger partial charge >= 0.3 is 5.97 Å². The van der Waals surface area contributed by atoms with E-state index in [1.165, 1.54) is 12.1 Å². The Hall–Kier alpha value is -2.42. The van der Waals surface area contributed by atoms with Gasteiger partial charge in [0.2, 0.25) is 10.0 Å². The number of carboxylic acid groups (broad SMARTS) is 1. The average Bonchev–Trinajstić information content (AvgIpc) is 2.75. The lowest BCUT2D eigenvalue weighted by Gasteiger charge is -2.10. The van der Waals surface area contributed by atoms with E-state index in [1.54, 1.807) is 6.92 Å². The maximum Gasteiger partial charge on any atom is 0.337 e. The standard InChI is InChI=1S/C12H11FN2O5S/c1-7-5-8(14-20-7)6-21(18,19)15-11-9(12(16)17)3-2-4-10(11)13/h2-5,15H,6H2,1H3,(H,16,17). The van der Waals surface area contributed by atoms with Crippen LogP contribution in [-0.4, -0.2) is 24.7 Å². The van der Waals surface area contributed by atoms with Gasteiger partial charge in [-0.05, 0) is 19.1 Å². The number of benzene rings is 1. The zero-order chi connectivity index (χ0) is 15.6. The van der Waals surface area contributed by atoms with E-state index >= 15 is 0 Å². The molecule has 0 aliphatic carbocycles. The summed E-state index contributed by atoms with van der Waals surface area (Å²) in [5.74, 6) is -2.55. The van der Waals surface area contributed by atoms with E-state index in [4.69, 9.17) is 9.63 Å². The van der Waals surface area contributed by atoms with Crippen molar-refractivity contribution >= 4 is 21.7 Å². The summed E-state index contributed by atoms with van der Waals surface area (Å²) in [4.78, 5) is 11.0. The third-order valence-corrected chi connectivity index (χ3v) is 3.71. The Kier molecular flexibility index (Phi) is 3.94.